The lowest BCUT2D eigenvalue weighted by Gasteiger charge is -2.22. The number of aryl methyl sites for hydroxylation is 1. The molecule has 1 heterocycles. The maximum Gasteiger partial charge on any atom is 0.419 e. The molecule has 0 bridgehead atoms. The fourth-order valence-corrected chi connectivity index (χ4v) is 3.32. The number of carbonyl (C=O) groups is 2. The Morgan fingerprint density at radius 3 is 2.59 bits per heavy atom. The van der Waals surface area contributed by atoms with Gasteiger partial charge in [-0.2, -0.15) is 0 Å². The van der Waals surface area contributed by atoms with Gasteiger partial charge in [0.05, 0.1) is 17.7 Å². The average molecular weight is 449 g/mol. The van der Waals surface area contributed by atoms with Crippen molar-refractivity contribution in [2.45, 2.75) is 32.7 Å². The van der Waals surface area contributed by atoms with Crippen molar-refractivity contribution in [3.05, 3.63) is 64.4 Å². The smallest absolute Gasteiger partial charge is 0.408 e. The van der Waals surface area contributed by atoms with Crippen LogP contribution in [0.2, 0.25) is 0 Å². The van der Waals surface area contributed by atoms with Gasteiger partial charge in [0, 0.05) is 19.5 Å². The third kappa shape index (κ3) is 5.19. The van der Waals surface area contributed by atoms with Crippen LogP contribution in [0.5, 0.6) is 0 Å². The average Bonchev–Trinajstić information content (AvgIpc) is 3.09. The molecule has 0 spiro atoms. The Morgan fingerprint density at radius 2 is 1.84 bits per heavy atom. The molecule has 0 fully saturated rings. The van der Waals surface area contributed by atoms with Gasteiger partial charge in [0.1, 0.15) is 0 Å². The van der Waals surface area contributed by atoms with Gasteiger partial charge >= 0.3 is 5.76 Å². The van der Waals surface area contributed by atoms with E-state index in [0.717, 1.165) is 6.07 Å². The zero-order valence-electron chi connectivity index (χ0n) is 17.4. The Bertz CT molecular complexity index is 1190. The first kappa shape index (κ1) is 23.1. The van der Waals surface area contributed by atoms with Crippen molar-refractivity contribution in [3.63, 3.8) is 0 Å². The largest absolute Gasteiger partial charge is 0.419 e. The highest BCUT2D eigenvalue weighted by molar-refractivity contribution is 5.94. The van der Waals surface area contributed by atoms with Gasteiger partial charge in [-0.05, 0) is 37.1 Å². The number of hydrogen-bond donors (Lipinski definition) is 1. The predicted molar refractivity (Wildman–Crippen MR) is 112 cm³/mol. The number of anilines is 1. The van der Waals surface area contributed by atoms with Crippen molar-refractivity contribution in [2.24, 2.45) is 0 Å². The second-order valence-corrected chi connectivity index (χ2v) is 7.18. The van der Waals surface area contributed by atoms with Crippen LogP contribution in [0, 0.1) is 17.5 Å². The molecule has 1 aromatic heterocycles. The number of nitrogens with one attached hydrogen (secondary N) is 1. The van der Waals surface area contributed by atoms with E-state index >= 15 is 0 Å². The second-order valence-electron chi connectivity index (χ2n) is 7.18. The lowest BCUT2D eigenvalue weighted by molar-refractivity contribution is -0.134. The zero-order valence-corrected chi connectivity index (χ0v) is 17.4. The molecular weight excluding hydrogens is 427 g/mol. The molecule has 0 aliphatic rings. The lowest BCUT2D eigenvalue weighted by atomic mass is 10.2. The summed E-state index contributed by atoms with van der Waals surface area (Å²) in [6, 6.07) is 8.55. The molecule has 0 aliphatic carbocycles. The van der Waals surface area contributed by atoms with Crippen molar-refractivity contribution in [3.8, 4) is 0 Å². The lowest BCUT2D eigenvalue weighted by Crippen LogP contribution is -2.38. The molecular formula is C22H22F3N3O4. The van der Waals surface area contributed by atoms with E-state index in [1.165, 1.54) is 9.47 Å². The molecule has 0 aliphatic heterocycles. The Kier molecular flexibility index (Phi) is 7.34. The normalized spacial score (nSPS) is 11.0. The third-order valence-electron chi connectivity index (χ3n) is 4.84. The minimum absolute atomic E-state index is 0.0682. The summed E-state index contributed by atoms with van der Waals surface area (Å²) >= 11 is 0. The highest BCUT2D eigenvalue weighted by Crippen LogP contribution is 2.19. The summed E-state index contributed by atoms with van der Waals surface area (Å²) in [5.74, 6) is -6.15. The second kappa shape index (κ2) is 10.2. The molecule has 170 valence electrons. The topological polar surface area (TPSA) is 84.5 Å². The summed E-state index contributed by atoms with van der Waals surface area (Å²) in [4.78, 5) is 38.2. The van der Waals surface area contributed by atoms with Gasteiger partial charge in [0.15, 0.2) is 23.0 Å². The maximum absolute atomic E-state index is 13.8. The van der Waals surface area contributed by atoms with E-state index in [9.17, 15) is 27.6 Å². The molecule has 2 aromatic carbocycles. The van der Waals surface area contributed by atoms with Crippen LogP contribution in [0.1, 0.15) is 26.2 Å². The predicted octanol–water partition coefficient (Wildman–Crippen LogP) is 3.67. The molecule has 0 atom stereocenters. The quantitative estimate of drug-likeness (QED) is 0.505. The van der Waals surface area contributed by atoms with Gasteiger partial charge in [-0.15, -0.1) is 0 Å². The molecule has 10 heteroatoms. The molecule has 0 saturated carbocycles. The van der Waals surface area contributed by atoms with Crippen LogP contribution in [-0.2, 0) is 16.1 Å². The number of oxazole rings is 1. The maximum atomic E-state index is 13.8. The van der Waals surface area contributed by atoms with Gasteiger partial charge in [-0.25, -0.2) is 18.0 Å². The first-order valence-electron chi connectivity index (χ1n) is 10.1. The van der Waals surface area contributed by atoms with E-state index in [2.05, 4.69) is 5.32 Å². The summed E-state index contributed by atoms with van der Waals surface area (Å²) in [5, 5.41) is 2.16. The first-order valence-corrected chi connectivity index (χ1v) is 10.1. The number of para-hydroxylation sites is 2. The standard InChI is InChI=1S/C22H22F3N3O4/c1-2-11-27(13-18(29)26-15-10-9-14(23)20(24)21(15)25)19(30)8-5-12-28-16-6-3-4-7-17(16)32-22(28)31/h3-4,6-7,9-10H,2,5,8,11-13H2,1H3,(H,26,29). The highest BCUT2D eigenvalue weighted by atomic mass is 19.2. The SMILES string of the molecule is CCCN(CC(=O)Nc1ccc(F)c(F)c1F)C(=O)CCCn1c(=O)oc2ccccc21. The summed E-state index contributed by atoms with van der Waals surface area (Å²) in [7, 11) is 0. The van der Waals surface area contributed by atoms with Crippen molar-refractivity contribution in [1.82, 2.24) is 9.47 Å². The van der Waals surface area contributed by atoms with Crippen molar-refractivity contribution in [1.29, 1.82) is 0 Å². The first-order chi connectivity index (χ1) is 15.3. The number of amides is 2. The van der Waals surface area contributed by atoms with Gasteiger partial charge in [0.25, 0.3) is 0 Å². The molecule has 3 rings (SSSR count). The number of halogens is 3. The molecule has 0 radical (unpaired) electrons. The van der Waals surface area contributed by atoms with E-state index in [1.807, 2.05) is 6.92 Å². The highest BCUT2D eigenvalue weighted by Gasteiger charge is 2.20. The van der Waals surface area contributed by atoms with Crippen LogP contribution < -0.4 is 11.1 Å². The van der Waals surface area contributed by atoms with E-state index in [-0.39, 0.29) is 32.0 Å². The minimum atomic E-state index is -1.69. The van der Waals surface area contributed by atoms with Crippen molar-refractivity contribution < 1.29 is 27.2 Å². The van der Waals surface area contributed by atoms with Crippen molar-refractivity contribution in [2.75, 3.05) is 18.4 Å². The number of nitrogens with zero attached hydrogens (tertiary/aromatic N) is 2. The monoisotopic (exact) mass is 449 g/mol. The van der Waals surface area contributed by atoms with E-state index in [4.69, 9.17) is 4.42 Å². The minimum Gasteiger partial charge on any atom is -0.408 e. The Hall–Kier alpha value is -3.56. The number of fused-ring (bicyclic) bond motifs is 1. The molecule has 32 heavy (non-hydrogen) atoms. The Balaban J connectivity index is 1.59. The Morgan fingerprint density at radius 1 is 1.09 bits per heavy atom. The number of rotatable bonds is 9. The summed E-state index contributed by atoms with van der Waals surface area (Å²) in [6.07, 6.45) is 0.977. The molecule has 2 amide bonds. The molecule has 3 aromatic rings. The molecule has 1 N–H and O–H groups in total. The van der Waals surface area contributed by atoms with Gasteiger partial charge in [0.2, 0.25) is 11.8 Å². The van der Waals surface area contributed by atoms with Crippen LogP contribution in [0.15, 0.2) is 45.6 Å². The van der Waals surface area contributed by atoms with Gasteiger partial charge in [-0.1, -0.05) is 19.1 Å². The van der Waals surface area contributed by atoms with Gasteiger partial charge in [-0.3, -0.25) is 14.2 Å². The van der Waals surface area contributed by atoms with Crippen molar-refractivity contribution >= 4 is 28.6 Å². The fraction of sp³-hybridized carbons (Fsp3) is 0.318. The molecule has 0 saturated heterocycles. The van der Waals surface area contributed by atoms with Crippen LogP contribution in [0.3, 0.4) is 0 Å². The molecule has 7 nitrogen and oxygen atoms in total. The number of aromatic nitrogens is 1. The van der Waals surface area contributed by atoms with Crippen LogP contribution in [0.4, 0.5) is 18.9 Å². The van der Waals surface area contributed by atoms with E-state index < -0.39 is 34.8 Å². The van der Waals surface area contributed by atoms with E-state index in [1.54, 1.807) is 24.3 Å². The van der Waals surface area contributed by atoms with Crippen LogP contribution in [0.25, 0.3) is 11.1 Å². The summed E-state index contributed by atoms with van der Waals surface area (Å²) in [5.41, 5.74) is 0.574. The van der Waals surface area contributed by atoms with E-state index in [0.29, 0.717) is 30.0 Å². The third-order valence-corrected chi connectivity index (χ3v) is 4.84. The van der Waals surface area contributed by atoms with Crippen LogP contribution >= 0.6 is 0 Å². The number of carbonyl (C=O) groups excluding carboxylic acids is 2. The van der Waals surface area contributed by atoms with Gasteiger partial charge < -0.3 is 14.6 Å². The molecule has 0 unspecified atom stereocenters. The Labute approximate surface area is 181 Å². The summed E-state index contributed by atoms with van der Waals surface area (Å²) in [6.45, 7) is 1.99. The van der Waals surface area contributed by atoms with Crippen LogP contribution in [-0.4, -0.2) is 34.4 Å². The number of benzene rings is 2. The summed E-state index contributed by atoms with van der Waals surface area (Å²) < 4.78 is 46.7. The zero-order chi connectivity index (χ0) is 23.3. The fourth-order valence-electron chi connectivity index (χ4n) is 3.32. The number of hydrogen-bond acceptors (Lipinski definition) is 4.